The lowest BCUT2D eigenvalue weighted by Crippen LogP contribution is -2.40. The molecule has 1 N–H and O–H groups in total. The van der Waals surface area contributed by atoms with Gasteiger partial charge in [-0.25, -0.2) is 4.39 Å². The van der Waals surface area contributed by atoms with Crippen molar-refractivity contribution in [3.05, 3.63) is 69.5 Å². The fourth-order valence-electron chi connectivity index (χ4n) is 2.17. The average Bonchev–Trinajstić information content (AvgIpc) is 2.61. The second-order valence-corrected chi connectivity index (χ2v) is 6.17. The van der Waals surface area contributed by atoms with Crippen LogP contribution in [0.15, 0.2) is 42.5 Å². The Morgan fingerprint density at radius 1 is 1.08 bits per heavy atom. The third kappa shape index (κ3) is 5.44. The van der Waals surface area contributed by atoms with Crippen LogP contribution in [0.5, 0.6) is 0 Å². The molecule has 0 aromatic heterocycles. The maximum absolute atomic E-state index is 12.9. The van der Waals surface area contributed by atoms with Crippen molar-refractivity contribution >= 4 is 35.0 Å². The number of carbonyl (C=O) groups is 2. The first-order valence-electron chi connectivity index (χ1n) is 7.66. The van der Waals surface area contributed by atoms with Crippen LogP contribution in [0.1, 0.15) is 22.8 Å². The van der Waals surface area contributed by atoms with E-state index in [9.17, 15) is 14.0 Å². The van der Waals surface area contributed by atoms with Crippen LogP contribution < -0.4 is 5.32 Å². The molecule has 0 aliphatic carbocycles. The lowest BCUT2D eigenvalue weighted by Gasteiger charge is -2.20. The minimum atomic E-state index is -0.334. The van der Waals surface area contributed by atoms with Gasteiger partial charge in [0.15, 0.2) is 0 Å². The predicted octanol–water partition coefficient (Wildman–Crippen LogP) is 3.91. The molecule has 0 unspecified atom stereocenters. The molecule has 2 aromatic carbocycles. The normalized spacial score (nSPS) is 10.4. The van der Waals surface area contributed by atoms with Gasteiger partial charge in [-0.2, -0.15) is 0 Å². The highest BCUT2D eigenvalue weighted by Gasteiger charge is 2.18. The molecule has 0 saturated heterocycles. The number of benzene rings is 2. The topological polar surface area (TPSA) is 49.4 Å². The van der Waals surface area contributed by atoms with Crippen LogP contribution in [0.25, 0.3) is 0 Å². The van der Waals surface area contributed by atoms with Crippen molar-refractivity contribution in [3.8, 4) is 0 Å². The summed E-state index contributed by atoms with van der Waals surface area (Å²) in [6, 6.07) is 10.4. The molecule has 0 atom stereocenters. The number of hydrogen-bond donors (Lipinski definition) is 1. The summed E-state index contributed by atoms with van der Waals surface area (Å²) in [4.78, 5) is 26.0. The molecular weight excluding hydrogens is 366 g/mol. The van der Waals surface area contributed by atoms with Crippen molar-refractivity contribution in [3.63, 3.8) is 0 Å². The standard InChI is InChI=1S/C18H17Cl2FN2O2/c1-2-23(18(25)13-5-8-15(19)16(20)9-13)11-17(24)22-10-12-3-6-14(21)7-4-12/h3-9H,2,10-11H2,1H3,(H,22,24). The molecule has 2 aromatic rings. The average molecular weight is 383 g/mol. The van der Waals surface area contributed by atoms with Gasteiger partial charge in [-0.3, -0.25) is 9.59 Å². The largest absolute Gasteiger partial charge is 0.350 e. The molecule has 0 aliphatic heterocycles. The van der Waals surface area contributed by atoms with Crippen LogP contribution in [0.2, 0.25) is 10.0 Å². The molecule has 2 amide bonds. The highest BCUT2D eigenvalue weighted by Crippen LogP contribution is 2.23. The third-order valence-corrected chi connectivity index (χ3v) is 4.31. The maximum atomic E-state index is 12.9. The Balaban J connectivity index is 1.95. The summed E-state index contributed by atoms with van der Waals surface area (Å²) in [6.45, 7) is 2.32. The second kappa shape index (κ2) is 8.83. The van der Waals surface area contributed by atoms with Crippen molar-refractivity contribution in [1.82, 2.24) is 10.2 Å². The second-order valence-electron chi connectivity index (χ2n) is 5.35. The van der Waals surface area contributed by atoms with Crippen molar-refractivity contribution < 1.29 is 14.0 Å². The van der Waals surface area contributed by atoms with E-state index in [1.54, 1.807) is 31.2 Å². The van der Waals surface area contributed by atoms with E-state index in [0.717, 1.165) is 5.56 Å². The summed E-state index contributed by atoms with van der Waals surface area (Å²) in [5.74, 6) is -0.947. The molecule has 0 bridgehead atoms. The molecule has 0 spiro atoms. The summed E-state index contributed by atoms with van der Waals surface area (Å²) >= 11 is 11.8. The van der Waals surface area contributed by atoms with Gasteiger partial charge in [0.2, 0.25) is 5.91 Å². The number of hydrogen-bond acceptors (Lipinski definition) is 2. The number of rotatable bonds is 6. The van der Waals surface area contributed by atoms with E-state index in [-0.39, 0.29) is 35.7 Å². The lowest BCUT2D eigenvalue weighted by molar-refractivity contribution is -0.121. The minimum absolute atomic E-state index is 0.0865. The van der Waals surface area contributed by atoms with Crippen LogP contribution in [0, 0.1) is 5.82 Å². The fraction of sp³-hybridized carbons (Fsp3) is 0.222. The monoisotopic (exact) mass is 382 g/mol. The Morgan fingerprint density at radius 2 is 1.76 bits per heavy atom. The van der Waals surface area contributed by atoms with E-state index in [1.165, 1.54) is 23.1 Å². The zero-order valence-electron chi connectivity index (χ0n) is 13.6. The molecule has 132 valence electrons. The van der Waals surface area contributed by atoms with Gasteiger partial charge in [0, 0.05) is 18.7 Å². The number of halogens is 3. The number of nitrogens with one attached hydrogen (secondary N) is 1. The molecule has 0 heterocycles. The molecule has 0 saturated carbocycles. The van der Waals surface area contributed by atoms with Crippen LogP contribution in [-0.4, -0.2) is 29.8 Å². The first kappa shape index (κ1) is 19.2. The van der Waals surface area contributed by atoms with E-state index in [1.807, 2.05) is 0 Å². The molecule has 2 rings (SSSR count). The molecule has 7 heteroatoms. The zero-order chi connectivity index (χ0) is 18.4. The van der Waals surface area contributed by atoms with Crippen molar-refractivity contribution in [2.75, 3.05) is 13.1 Å². The van der Waals surface area contributed by atoms with Gasteiger partial charge in [0.25, 0.3) is 5.91 Å². The lowest BCUT2D eigenvalue weighted by atomic mass is 10.2. The minimum Gasteiger partial charge on any atom is -0.350 e. The van der Waals surface area contributed by atoms with Crippen LogP contribution >= 0.6 is 23.2 Å². The van der Waals surface area contributed by atoms with Gasteiger partial charge in [-0.05, 0) is 42.8 Å². The van der Waals surface area contributed by atoms with Gasteiger partial charge in [0.05, 0.1) is 16.6 Å². The Morgan fingerprint density at radius 3 is 2.36 bits per heavy atom. The Hall–Kier alpha value is -2.11. The first-order chi connectivity index (χ1) is 11.9. The highest BCUT2D eigenvalue weighted by molar-refractivity contribution is 6.42. The van der Waals surface area contributed by atoms with E-state index in [0.29, 0.717) is 17.1 Å². The molecule has 0 aliphatic rings. The van der Waals surface area contributed by atoms with E-state index in [2.05, 4.69) is 5.32 Å². The van der Waals surface area contributed by atoms with Crippen molar-refractivity contribution in [2.45, 2.75) is 13.5 Å². The van der Waals surface area contributed by atoms with Crippen molar-refractivity contribution in [1.29, 1.82) is 0 Å². The summed E-state index contributed by atoms with van der Waals surface area (Å²) in [5, 5.41) is 3.35. The van der Waals surface area contributed by atoms with E-state index < -0.39 is 0 Å². The molecule has 0 radical (unpaired) electrons. The van der Waals surface area contributed by atoms with Crippen molar-refractivity contribution in [2.24, 2.45) is 0 Å². The number of nitrogens with zero attached hydrogens (tertiary/aromatic N) is 1. The maximum Gasteiger partial charge on any atom is 0.254 e. The van der Waals surface area contributed by atoms with Gasteiger partial charge < -0.3 is 10.2 Å². The number of likely N-dealkylation sites (N-methyl/N-ethyl adjacent to an activating group) is 1. The summed E-state index contributed by atoms with van der Waals surface area (Å²) in [7, 11) is 0. The zero-order valence-corrected chi connectivity index (χ0v) is 15.1. The van der Waals surface area contributed by atoms with Crippen LogP contribution in [0.4, 0.5) is 4.39 Å². The van der Waals surface area contributed by atoms with Gasteiger partial charge in [0.1, 0.15) is 5.82 Å². The summed E-state index contributed by atoms with van der Waals surface area (Å²) in [6.07, 6.45) is 0. The van der Waals surface area contributed by atoms with Gasteiger partial charge in [-0.15, -0.1) is 0 Å². The van der Waals surface area contributed by atoms with Gasteiger partial charge >= 0.3 is 0 Å². The third-order valence-electron chi connectivity index (χ3n) is 3.57. The molecular formula is C18H17Cl2FN2O2. The Bertz CT molecular complexity index is 766. The first-order valence-corrected chi connectivity index (χ1v) is 8.41. The quantitative estimate of drug-likeness (QED) is 0.822. The predicted molar refractivity (Wildman–Crippen MR) is 96.3 cm³/mol. The fourth-order valence-corrected chi connectivity index (χ4v) is 2.47. The van der Waals surface area contributed by atoms with Crippen LogP contribution in [-0.2, 0) is 11.3 Å². The number of amides is 2. The molecule has 25 heavy (non-hydrogen) atoms. The van der Waals surface area contributed by atoms with E-state index >= 15 is 0 Å². The smallest absolute Gasteiger partial charge is 0.254 e. The Labute approximate surface area is 155 Å². The number of carbonyl (C=O) groups excluding carboxylic acids is 2. The molecule has 0 fully saturated rings. The SMILES string of the molecule is CCN(CC(=O)NCc1ccc(F)cc1)C(=O)c1ccc(Cl)c(Cl)c1. The summed E-state index contributed by atoms with van der Waals surface area (Å²) < 4.78 is 12.9. The van der Waals surface area contributed by atoms with E-state index in [4.69, 9.17) is 23.2 Å². The molecule has 4 nitrogen and oxygen atoms in total. The Kier molecular flexibility index (Phi) is 6.79. The summed E-state index contributed by atoms with van der Waals surface area (Å²) in [5.41, 5.74) is 1.14. The van der Waals surface area contributed by atoms with Crippen LogP contribution in [0.3, 0.4) is 0 Å². The highest BCUT2D eigenvalue weighted by atomic mass is 35.5. The van der Waals surface area contributed by atoms with Gasteiger partial charge in [-0.1, -0.05) is 35.3 Å².